The van der Waals surface area contributed by atoms with Gasteiger partial charge in [-0.3, -0.25) is 0 Å². The normalized spacial score (nSPS) is 21.2. The zero-order valence-electron chi connectivity index (χ0n) is 3.64. The number of hydrogen-bond acceptors (Lipinski definition) is 1. The van der Waals surface area contributed by atoms with Crippen molar-refractivity contribution < 1.29 is 0 Å². The summed E-state index contributed by atoms with van der Waals surface area (Å²) in [5.74, 6) is 0. The first-order chi connectivity index (χ1) is 2.89. The van der Waals surface area contributed by atoms with Gasteiger partial charge in [0.1, 0.15) is 0 Å². The molecule has 6 heavy (non-hydrogen) atoms. The molecule has 0 bridgehead atoms. The maximum absolute atomic E-state index is 3.99. The second kappa shape index (κ2) is 1.67. The van der Waals surface area contributed by atoms with Crippen molar-refractivity contribution in [2.75, 3.05) is 6.54 Å². The van der Waals surface area contributed by atoms with Crippen molar-refractivity contribution in [3.63, 3.8) is 0 Å². The van der Waals surface area contributed by atoms with E-state index in [0.29, 0.717) is 0 Å². The van der Waals surface area contributed by atoms with Crippen LogP contribution < -0.4 is 4.72 Å². The van der Waals surface area contributed by atoms with Crippen LogP contribution in [0.15, 0.2) is 11.0 Å². The number of hydrogen-bond donors (Lipinski definition) is 0. The van der Waals surface area contributed by atoms with Gasteiger partial charge in [-0.15, -0.1) is 0 Å². The highest BCUT2D eigenvalue weighted by atomic mass is 32.2. The van der Waals surface area contributed by atoms with Crippen molar-refractivity contribution in [1.82, 2.24) is 4.72 Å². The van der Waals surface area contributed by atoms with Crippen LogP contribution in [0.1, 0.15) is 6.92 Å². The molecule has 1 heterocycles. The molecule has 0 aromatic rings. The Morgan fingerprint density at radius 1 is 2.00 bits per heavy atom. The minimum Gasteiger partial charge on any atom is -0.166 e. The lowest BCUT2D eigenvalue weighted by Crippen LogP contribution is -1.87. The summed E-state index contributed by atoms with van der Waals surface area (Å²) in [6.07, 6.45) is 0. The first kappa shape index (κ1) is 4.22. The Morgan fingerprint density at radius 2 is 2.83 bits per heavy atom. The molecule has 1 aliphatic rings. The van der Waals surface area contributed by atoms with Gasteiger partial charge in [-0.05, 0) is 29.9 Å². The summed E-state index contributed by atoms with van der Waals surface area (Å²) in [4.78, 5) is 0. The van der Waals surface area contributed by atoms with E-state index in [-0.39, 0.29) is 0 Å². The first-order valence-corrected chi connectivity index (χ1v) is 2.71. The van der Waals surface area contributed by atoms with E-state index >= 15 is 0 Å². The van der Waals surface area contributed by atoms with Crippen LogP contribution in [0.2, 0.25) is 0 Å². The van der Waals surface area contributed by atoms with Gasteiger partial charge in [0, 0.05) is 6.54 Å². The van der Waals surface area contributed by atoms with Crippen LogP contribution in [-0.2, 0) is 0 Å². The molecule has 0 aromatic heterocycles. The monoisotopic (exact) mass is 100 g/mol. The molecule has 0 fully saturated rings. The third-order valence-corrected chi connectivity index (χ3v) is 1.43. The Kier molecular flexibility index (Phi) is 1.17. The largest absolute Gasteiger partial charge is 0.166 e. The van der Waals surface area contributed by atoms with Crippen LogP contribution in [0, 0.1) is 0 Å². The number of nitrogens with zero attached hydrogens (tertiary/aromatic N) is 1. The van der Waals surface area contributed by atoms with Crippen LogP contribution in [0.3, 0.4) is 0 Å². The fourth-order valence-electron chi connectivity index (χ4n) is 0.304. The Bertz CT molecular complexity index is 77.6. The molecule has 0 aliphatic carbocycles. The highest BCUT2D eigenvalue weighted by Crippen LogP contribution is 2.11. The van der Waals surface area contributed by atoms with E-state index in [1.54, 1.807) is 11.9 Å². The van der Waals surface area contributed by atoms with Crippen LogP contribution >= 0.6 is 11.9 Å². The lowest BCUT2D eigenvalue weighted by molar-refractivity contribution is 1.06. The summed E-state index contributed by atoms with van der Waals surface area (Å²) in [5, 5.41) is 2.07. The van der Waals surface area contributed by atoms with Crippen molar-refractivity contribution in [3.05, 3.63) is 11.0 Å². The Labute approximate surface area is 41.9 Å². The quantitative estimate of drug-likeness (QED) is 0.416. The minimum absolute atomic E-state index is 0.935. The molecule has 0 N–H and O–H groups in total. The van der Waals surface area contributed by atoms with Crippen molar-refractivity contribution in [1.29, 1.82) is 0 Å². The molecule has 1 aliphatic heterocycles. The average molecular weight is 100 g/mol. The first-order valence-electron chi connectivity index (χ1n) is 1.88. The third-order valence-electron chi connectivity index (χ3n) is 0.642. The molecular formula is C4H6NS. The third kappa shape index (κ3) is 0.758. The van der Waals surface area contributed by atoms with E-state index in [1.807, 2.05) is 0 Å². The highest BCUT2D eigenvalue weighted by Gasteiger charge is 1.96. The zero-order chi connectivity index (χ0) is 4.41. The summed E-state index contributed by atoms with van der Waals surface area (Å²) in [5.41, 5.74) is 1.38. The molecule has 0 saturated carbocycles. The topological polar surface area (TPSA) is 14.1 Å². The molecule has 0 spiro atoms. The Hall–Kier alpha value is 0.0500. The van der Waals surface area contributed by atoms with Gasteiger partial charge in [0.25, 0.3) is 0 Å². The van der Waals surface area contributed by atoms with Crippen molar-refractivity contribution in [3.8, 4) is 0 Å². The standard InChI is InChI=1S/C4H6NS/c1-4-2-5-6-3-4/h3H,2H2,1H3. The minimum atomic E-state index is 0.935. The molecule has 1 rings (SSSR count). The SMILES string of the molecule is CC1=CS[N]C1. The highest BCUT2D eigenvalue weighted by molar-refractivity contribution is 8.00. The molecule has 0 saturated heterocycles. The molecule has 1 radical (unpaired) electrons. The van der Waals surface area contributed by atoms with Gasteiger partial charge < -0.3 is 0 Å². The van der Waals surface area contributed by atoms with Gasteiger partial charge in [0.15, 0.2) is 0 Å². The Balaban J connectivity index is 2.45. The summed E-state index contributed by atoms with van der Waals surface area (Å²) in [7, 11) is 0. The predicted octanol–water partition coefficient (Wildman–Crippen LogP) is 1.16. The van der Waals surface area contributed by atoms with Gasteiger partial charge in [-0.2, -0.15) is 4.72 Å². The zero-order valence-corrected chi connectivity index (χ0v) is 4.46. The lowest BCUT2D eigenvalue weighted by atomic mass is 10.4. The van der Waals surface area contributed by atoms with Gasteiger partial charge in [-0.25, -0.2) is 0 Å². The van der Waals surface area contributed by atoms with E-state index < -0.39 is 0 Å². The fraction of sp³-hybridized carbons (Fsp3) is 0.500. The fourth-order valence-corrected chi connectivity index (χ4v) is 0.911. The van der Waals surface area contributed by atoms with E-state index in [9.17, 15) is 0 Å². The second-order valence-electron chi connectivity index (χ2n) is 1.36. The van der Waals surface area contributed by atoms with Gasteiger partial charge in [0.2, 0.25) is 0 Å². The molecule has 0 amide bonds. The van der Waals surface area contributed by atoms with E-state index in [0.717, 1.165) is 6.54 Å². The van der Waals surface area contributed by atoms with Crippen LogP contribution in [-0.4, -0.2) is 6.54 Å². The number of rotatable bonds is 0. The summed E-state index contributed by atoms with van der Waals surface area (Å²) in [6.45, 7) is 3.02. The molecule has 2 heteroatoms. The molecule has 33 valence electrons. The predicted molar refractivity (Wildman–Crippen MR) is 28.3 cm³/mol. The Morgan fingerprint density at radius 3 is 3.00 bits per heavy atom. The van der Waals surface area contributed by atoms with Gasteiger partial charge >= 0.3 is 0 Å². The van der Waals surface area contributed by atoms with E-state index in [1.165, 1.54) is 5.57 Å². The summed E-state index contributed by atoms with van der Waals surface area (Å²) >= 11 is 1.55. The lowest BCUT2D eigenvalue weighted by Gasteiger charge is -1.78. The maximum Gasteiger partial charge on any atom is 0.0476 e. The summed E-state index contributed by atoms with van der Waals surface area (Å²) in [6, 6.07) is 0. The van der Waals surface area contributed by atoms with Gasteiger partial charge in [-0.1, -0.05) is 0 Å². The van der Waals surface area contributed by atoms with Crippen molar-refractivity contribution in [2.24, 2.45) is 0 Å². The van der Waals surface area contributed by atoms with Crippen molar-refractivity contribution >= 4 is 11.9 Å². The smallest absolute Gasteiger partial charge is 0.0476 e. The molecular weight excluding hydrogens is 94.1 g/mol. The summed E-state index contributed by atoms with van der Waals surface area (Å²) < 4.78 is 3.99. The van der Waals surface area contributed by atoms with Crippen molar-refractivity contribution in [2.45, 2.75) is 6.92 Å². The van der Waals surface area contributed by atoms with E-state index in [2.05, 4.69) is 17.1 Å². The average Bonchev–Trinajstić information content (AvgIpc) is 1.86. The molecule has 0 aromatic carbocycles. The molecule has 0 unspecified atom stereocenters. The van der Waals surface area contributed by atoms with Crippen LogP contribution in [0.5, 0.6) is 0 Å². The molecule has 1 nitrogen and oxygen atoms in total. The van der Waals surface area contributed by atoms with Crippen LogP contribution in [0.25, 0.3) is 0 Å². The maximum atomic E-state index is 3.99. The van der Waals surface area contributed by atoms with Gasteiger partial charge in [0.05, 0.1) is 0 Å². The second-order valence-corrected chi connectivity index (χ2v) is 2.06. The molecule has 0 atom stereocenters. The van der Waals surface area contributed by atoms with E-state index in [4.69, 9.17) is 0 Å². The van der Waals surface area contributed by atoms with Crippen LogP contribution in [0.4, 0.5) is 0 Å².